The summed E-state index contributed by atoms with van der Waals surface area (Å²) in [5.41, 5.74) is 1.93. The Bertz CT molecular complexity index is 721. The Kier molecular flexibility index (Phi) is 8.73. The fourth-order valence-corrected chi connectivity index (χ4v) is 2.78. The first kappa shape index (κ1) is 21.0. The lowest BCUT2D eigenvalue weighted by Gasteiger charge is -2.13. The molecule has 0 fully saturated rings. The van der Waals surface area contributed by atoms with Crippen LogP contribution in [0.4, 0.5) is 5.69 Å². The first-order chi connectivity index (χ1) is 12.5. The third-order valence-electron chi connectivity index (χ3n) is 3.43. The van der Waals surface area contributed by atoms with Gasteiger partial charge in [0.1, 0.15) is 22.6 Å². The summed E-state index contributed by atoms with van der Waals surface area (Å²) in [4.78, 5) is 0. The topological polar surface area (TPSA) is 30.5 Å². The van der Waals surface area contributed by atoms with Crippen molar-refractivity contribution in [2.24, 2.45) is 0 Å². The van der Waals surface area contributed by atoms with E-state index in [2.05, 4.69) is 5.32 Å². The lowest BCUT2D eigenvalue weighted by molar-refractivity contribution is 0.311. The molecule has 3 nitrogen and oxygen atoms in total. The van der Waals surface area contributed by atoms with Crippen LogP contribution in [0.1, 0.15) is 12.0 Å². The normalized spacial score (nSPS) is 10.3. The van der Waals surface area contributed by atoms with E-state index in [9.17, 15) is 0 Å². The first-order valence-electron chi connectivity index (χ1n) is 8.02. The quantitative estimate of drug-likeness (QED) is 0.436. The molecule has 1 N–H and O–H groups in total. The number of anilines is 1. The van der Waals surface area contributed by atoms with Gasteiger partial charge in [-0.25, -0.2) is 0 Å². The summed E-state index contributed by atoms with van der Waals surface area (Å²) in [6, 6.07) is 11.2. The minimum absolute atomic E-state index is 0.167. The predicted octanol–water partition coefficient (Wildman–Crippen LogP) is 6.88. The summed E-state index contributed by atoms with van der Waals surface area (Å²) in [6.07, 6.45) is 2.39. The maximum atomic E-state index is 6.30. The van der Waals surface area contributed by atoms with Crippen molar-refractivity contribution >= 4 is 52.1 Å². The van der Waals surface area contributed by atoms with Gasteiger partial charge in [0.2, 0.25) is 0 Å². The Hall–Kier alpha value is -1.26. The highest BCUT2D eigenvalue weighted by atomic mass is 35.5. The summed E-state index contributed by atoms with van der Waals surface area (Å²) in [6.45, 7) is 3.52. The number of nitrogens with one attached hydrogen (secondary N) is 1. The number of aryl methyl sites for hydroxylation is 1. The second-order valence-electron chi connectivity index (χ2n) is 5.49. The zero-order valence-corrected chi connectivity index (χ0v) is 17.2. The molecule has 2 rings (SSSR count). The van der Waals surface area contributed by atoms with Gasteiger partial charge in [-0.1, -0.05) is 46.4 Å². The molecule has 0 aliphatic carbocycles. The highest BCUT2D eigenvalue weighted by Crippen LogP contribution is 2.33. The van der Waals surface area contributed by atoms with Gasteiger partial charge in [0.15, 0.2) is 0 Å². The van der Waals surface area contributed by atoms with Gasteiger partial charge < -0.3 is 14.8 Å². The summed E-state index contributed by atoms with van der Waals surface area (Å²) in [7, 11) is 0. The van der Waals surface area contributed by atoms with Gasteiger partial charge in [-0.2, -0.15) is 0 Å². The number of ether oxygens (including phenoxy) is 2. The molecule has 0 saturated heterocycles. The molecule has 2 aromatic carbocycles. The van der Waals surface area contributed by atoms with Crippen molar-refractivity contribution in [2.45, 2.75) is 13.3 Å². The minimum atomic E-state index is 0.167. The Labute approximate surface area is 173 Å². The molecule has 0 heterocycles. The van der Waals surface area contributed by atoms with E-state index in [1.807, 2.05) is 37.3 Å². The van der Waals surface area contributed by atoms with Crippen LogP contribution >= 0.6 is 46.4 Å². The van der Waals surface area contributed by atoms with Gasteiger partial charge in [-0.3, -0.25) is 0 Å². The molecular weight excluding hydrogens is 416 g/mol. The highest BCUT2D eigenvalue weighted by molar-refractivity contribution is 6.55. The molecule has 0 amide bonds. The summed E-state index contributed by atoms with van der Waals surface area (Å²) in [5.74, 6) is 1.30. The molecule has 0 atom stereocenters. The Morgan fingerprint density at radius 3 is 2.46 bits per heavy atom. The van der Waals surface area contributed by atoms with Gasteiger partial charge in [0, 0.05) is 23.3 Å². The van der Waals surface area contributed by atoms with Crippen LogP contribution < -0.4 is 14.8 Å². The van der Waals surface area contributed by atoms with E-state index in [1.165, 1.54) is 0 Å². The fraction of sp³-hybridized carbons (Fsp3) is 0.263. The molecule has 0 aromatic heterocycles. The van der Waals surface area contributed by atoms with Crippen molar-refractivity contribution in [3.05, 3.63) is 62.6 Å². The second kappa shape index (κ2) is 10.8. The third-order valence-corrected chi connectivity index (χ3v) is 4.27. The molecule has 7 heteroatoms. The highest BCUT2D eigenvalue weighted by Gasteiger charge is 2.09. The number of hydrogen-bond acceptors (Lipinski definition) is 3. The minimum Gasteiger partial charge on any atom is -0.492 e. The molecule has 2 aromatic rings. The van der Waals surface area contributed by atoms with E-state index < -0.39 is 0 Å². The molecule has 0 saturated carbocycles. The van der Waals surface area contributed by atoms with Crippen LogP contribution in [0, 0.1) is 6.92 Å². The predicted molar refractivity (Wildman–Crippen MR) is 112 cm³/mol. The average Bonchev–Trinajstić information content (AvgIpc) is 2.58. The van der Waals surface area contributed by atoms with Gasteiger partial charge in [-0.15, -0.1) is 0 Å². The maximum absolute atomic E-state index is 6.30. The molecule has 140 valence electrons. The van der Waals surface area contributed by atoms with Gasteiger partial charge in [0.05, 0.1) is 11.6 Å². The first-order valence-corrected chi connectivity index (χ1v) is 9.53. The monoisotopic (exact) mass is 433 g/mol. The molecular formula is C19H19Cl4NO2. The van der Waals surface area contributed by atoms with Gasteiger partial charge >= 0.3 is 0 Å². The van der Waals surface area contributed by atoms with Crippen molar-refractivity contribution in [2.75, 3.05) is 25.1 Å². The number of halogens is 4. The van der Waals surface area contributed by atoms with Crippen molar-refractivity contribution in [3.8, 4) is 11.5 Å². The van der Waals surface area contributed by atoms with E-state index in [0.29, 0.717) is 23.1 Å². The zero-order valence-electron chi connectivity index (χ0n) is 14.2. The van der Waals surface area contributed by atoms with E-state index in [4.69, 9.17) is 55.9 Å². The Balaban J connectivity index is 1.79. The van der Waals surface area contributed by atoms with Crippen molar-refractivity contribution < 1.29 is 9.47 Å². The standard InChI is InChI=1S/C19H19Cl4NO2/c1-13-11-16(25-10-7-18(22)23)12-17(21)19(13)26-9-2-8-24-15-5-3-14(20)4-6-15/h3-7,11-12,24H,2,8-10H2,1H3. The summed E-state index contributed by atoms with van der Waals surface area (Å²) in [5, 5.41) is 4.54. The average molecular weight is 435 g/mol. The molecule has 0 radical (unpaired) electrons. The molecule has 0 spiro atoms. The Morgan fingerprint density at radius 2 is 1.81 bits per heavy atom. The zero-order chi connectivity index (χ0) is 18.9. The molecule has 0 bridgehead atoms. The van der Waals surface area contributed by atoms with Crippen LogP contribution in [0.2, 0.25) is 10.0 Å². The molecule has 0 aliphatic rings. The van der Waals surface area contributed by atoms with Crippen molar-refractivity contribution in [1.29, 1.82) is 0 Å². The lowest BCUT2D eigenvalue weighted by Crippen LogP contribution is -2.08. The Morgan fingerprint density at radius 1 is 1.08 bits per heavy atom. The van der Waals surface area contributed by atoms with Crippen LogP contribution in [-0.4, -0.2) is 19.8 Å². The van der Waals surface area contributed by atoms with Crippen LogP contribution in [-0.2, 0) is 0 Å². The second-order valence-corrected chi connectivity index (χ2v) is 7.34. The number of benzene rings is 2. The summed E-state index contributed by atoms with van der Waals surface area (Å²) >= 11 is 23.3. The molecule has 26 heavy (non-hydrogen) atoms. The van der Waals surface area contributed by atoms with E-state index in [-0.39, 0.29) is 11.1 Å². The van der Waals surface area contributed by atoms with Crippen LogP contribution in [0.15, 0.2) is 47.0 Å². The third kappa shape index (κ3) is 7.16. The molecule has 0 aliphatic heterocycles. The maximum Gasteiger partial charge on any atom is 0.141 e. The van der Waals surface area contributed by atoms with Crippen LogP contribution in [0.5, 0.6) is 11.5 Å². The lowest BCUT2D eigenvalue weighted by atomic mass is 10.2. The summed E-state index contributed by atoms with van der Waals surface area (Å²) < 4.78 is 11.5. The fourth-order valence-electron chi connectivity index (χ4n) is 2.21. The van der Waals surface area contributed by atoms with Gasteiger partial charge in [0.25, 0.3) is 0 Å². The number of rotatable bonds is 9. The van der Waals surface area contributed by atoms with E-state index in [0.717, 1.165) is 29.2 Å². The van der Waals surface area contributed by atoms with E-state index >= 15 is 0 Å². The van der Waals surface area contributed by atoms with E-state index in [1.54, 1.807) is 12.1 Å². The van der Waals surface area contributed by atoms with Crippen molar-refractivity contribution in [1.82, 2.24) is 0 Å². The van der Waals surface area contributed by atoms with Crippen LogP contribution in [0.25, 0.3) is 0 Å². The SMILES string of the molecule is Cc1cc(OCC=C(Cl)Cl)cc(Cl)c1OCCCNc1ccc(Cl)cc1. The smallest absolute Gasteiger partial charge is 0.141 e. The van der Waals surface area contributed by atoms with Crippen LogP contribution in [0.3, 0.4) is 0 Å². The largest absolute Gasteiger partial charge is 0.492 e. The van der Waals surface area contributed by atoms with Crippen molar-refractivity contribution in [3.63, 3.8) is 0 Å². The molecule has 0 unspecified atom stereocenters. The number of hydrogen-bond donors (Lipinski definition) is 1. The van der Waals surface area contributed by atoms with Gasteiger partial charge in [-0.05, 0) is 55.3 Å².